The van der Waals surface area contributed by atoms with Gasteiger partial charge in [-0.1, -0.05) is 18.2 Å². The lowest BCUT2D eigenvalue weighted by atomic mass is 10.0. The predicted molar refractivity (Wildman–Crippen MR) is 126 cm³/mol. The fourth-order valence-electron chi connectivity index (χ4n) is 4.04. The summed E-state index contributed by atoms with van der Waals surface area (Å²) in [4.78, 5) is 27.3. The number of carbonyl (C=O) groups excluding carboxylic acids is 2. The molecule has 3 N–H and O–H groups in total. The van der Waals surface area contributed by atoms with Gasteiger partial charge in [-0.2, -0.15) is 13.2 Å². The number of rotatable bonds is 4. The Hall–Kier alpha value is -4.11. The van der Waals surface area contributed by atoms with E-state index in [0.717, 1.165) is 28.3 Å². The second kappa shape index (κ2) is 8.92. The summed E-state index contributed by atoms with van der Waals surface area (Å²) in [6.07, 6.45) is -3.15. The van der Waals surface area contributed by atoms with E-state index < -0.39 is 23.6 Å². The van der Waals surface area contributed by atoms with Crippen molar-refractivity contribution in [1.29, 1.82) is 0 Å². The van der Waals surface area contributed by atoms with Gasteiger partial charge in [0.05, 0.1) is 17.8 Å². The molecule has 0 unspecified atom stereocenters. The third-order valence-electron chi connectivity index (χ3n) is 5.62. The number of fused-ring (bicyclic) bond motifs is 1. The van der Waals surface area contributed by atoms with Crippen molar-refractivity contribution in [2.45, 2.75) is 20.0 Å². The number of phenolic OH excluding ortho intramolecular Hbond substituents is 1. The molecule has 4 rings (SSSR count). The topological polar surface area (TPSA) is 86.9 Å². The van der Waals surface area contributed by atoms with Crippen LogP contribution < -0.4 is 10.7 Å². The van der Waals surface area contributed by atoms with E-state index in [0.29, 0.717) is 11.3 Å². The van der Waals surface area contributed by atoms with Crippen molar-refractivity contribution in [3.8, 4) is 5.75 Å². The van der Waals surface area contributed by atoms with E-state index in [-0.39, 0.29) is 29.1 Å². The monoisotopic (exact) mass is 481 g/mol. The highest BCUT2D eigenvalue weighted by molar-refractivity contribution is 6.35. The highest BCUT2D eigenvalue weighted by atomic mass is 19.4. The summed E-state index contributed by atoms with van der Waals surface area (Å²) in [5.41, 5.74) is 2.07. The number of hydrogen-bond acceptors (Lipinski definition) is 4. The quantitative estimate of drug-likeness (QED) is 0.235. The molecule has 180 valence electrons. The number of halogens is 3. The molecule has 0 saturated heterocycles. The van der Waals surface area contributed by atoms with Crippen LogP contribution in [-0.4, -0.2) is 28.5 Å². The lowest BCUT2D eigenvalue weighted by Crippen LogP contribution is -2.37. The minimum atomic E-state index is -4.58. The van der Waals surface area contributed by atoms with Gasteiger partial charge in [-0.05, 0) is 73.5 Å². The summed E-state index contributed by atoms with van der Waals surface area (Å²) in [7, 11) is 0. The van der Waals surface area contributed by atoms with Gasteiger partial charge in [0.15, 0.2) is 0 Å². The maximum atomic E-state index is 13.4. The smallest absolute Gasteiger partial charge is 0.416 e. The Labute approximate surface area is 199 Å². The normalized spacial score (nSPS) is 14.4. The Morgan fingerprint density at radius 1 is 1.03 bits per heavy atom. The average molecular weight is 481 g/mol. The first-order chi connectivity index (χ1) is 16.5. The summed E-state index contributed by atoms with van der Waals surface area (Å²) in [6.45, 7) is 3.51. The van der Waals surface area contributed by atoms with Crippen LogP contribution in [0.3, 0.4) is 0 Å². The molecule has 0 bridgehead atoms. The summed E-state index contributed by atoms with van der Waals surface area (Å²) >= 11 is 0. The number of benzene rings is 3. The summed E-state index contributed by atoms with van der Waals surface area (Å²) in [5.74, 6) is 4.82. The van der Waals surface area contributed by atoms with Crippen molar-refractivity contribution >= 4 is 28.8 Å². The molecule has 0 aliphatic carbocycles. The van der Waals surface area contributed by atoms with Crippen LogP contribution in [0.5, 0.6) is 5.75 Å². The van der Waals surface area contributed by atoms with Gasteiger partial charge in [0.25, 0.3) is 11.8 Å². The van der Waals surface area contributed by atoms with Crippen LogP contribution >= 0.6 is 0 Å². The molecule has 6 nitrogen and oxygen atoms in total. The molecule has 0 spiro atoms. The molecule has 2 amide bonds. The Balaban J connectivity index is 1.73. The number of carbonyl (C=O) groups is 2. The first kappa shape index (κ1) is 24.0. The maximum Gasteiger partial charge on any atom is 0.416 e. The van der Waals surface area contributed by atoms with Crippen LogP contribution in [0, 0.1) is 13.8 Å². The third-order valence-corrected chi connectivity index (χ3v) is 5.62. The number of nitrogens with zero attached hydrogens (tertiary/aromatic N) is 2. The van der Waals surface area contributed by atoms with Crippen molar-refractivity contribution in [3.63, 3.8) is 0 Å². The fourth-order valence-corrected chi connectivity index (χ4v) is 4.04. The van der Waals surface area contributed by atoms with E-state index >= 15 is 0 Å². The van der Waals surface area contributed by atoms with Gasteiger partial charge < -0.3 is 5.11 Å². The number of anilines is 2. The zero-order valence-corrected chi connectivity index (χ0v) is 18.9. The largest absolute Gasteiger partial charge is 0.508 e. The molecule has 1 heterocycles. The molecule has 0 atom stereocenters. The van der Waals surface area contributed by atoms with Crippen LogP contribution in [-0.2, 0) is 11.0 Å². The fraction of sp³-hybridized carbons (Fsp3) is 0.154. The minimum Gasteiger partial charge on any atom is -0.508 e. The number of nitrogens with two attached hydrogens (primary N) is 1. The average Bonchev–Trinajstić information content (AvgIpc) is 3.06. The van der Waals surface area contributed by atoms with E-state index in [9.17, 15) is 27.9 Å². The van der Waals surface area contributed by atoms with E-state index in [1.807, 2.05) is 19.9 Å². The Kier molecular flexibility index (Phi) is 6.12. The van der Waals surface area contributed by atoms with Crippen molar-refractivity contribution in [3.05, 3.63) is 94.6 Å². The zero-order valence-electron chi connectivity index (χ0n) is 18.9. The van der Waals surface area contributed by atoms with Crippen LogP contribution in [0.4, 0.5) is 24.5 Å². The first-order valence-corrected chi connectivity index (χ1v) is 10.7. The zero-order chi connectivity index (χ0) is 25.5. The molecule has 3 aromatic rings. The molecule has 0 radical (unpaired) electrons. The van der Waals surface area contributed by atoms with Crippen molar-refractivity contribution < 1.29 is 27.9 Å². The second-order valence-electron chi connectivity index (χ2n) is 8.34. The molecule has 0 aromatic heterocycles. The molecular weight excluding hydrogens is 459 g/mol. The van der Waals surface area contributed by atoms with Gasteiger partial charge in [-0.15, -0.1) is 0 Å². The molecule has 0 fully saturated rings. The number of amides is 2. The van der Waals surface area contributed by atoms with Crippen LogP contribution in [0.1, 0.15) is 32.6 Å². The second-order valence-corrected chi connectivity index (χ2v) is 8.34. The van der Waals surface area contributed by atoms with Crippen molar-refractivity contribution in [2.24, 2.45) is 5.84 Å². The molecule has 0 saturated carbocycles. The van der Waals surface area contributed by atoms with Gasteiger partial charge in [-0.3, -0.25) is 19.5 Å². The van der Waals surface area contributed by atoms with E-state index in [4.69, 9.17) is 5.84 Å². The number of alkyl halides is 3. The first-order valence-electron chi connectivity index (χ1n) is 10.7. The lowest BCUT2D eigenvalue weighted by molar-refractivity contribution is -0.137. The van der Waals surface area contributed by atoms with Crippen LogP contribution in [0.25, 0.3) is 5.57 Å². The number of aromatic hydroxyl groups is 1. The van der Waals surface area contributed by atoms with Gasteiger partial charge >= 0.3 is 6.18 Å². The van der Waals surface area contributed by atoms with Gasteiger partial charge in [0.2, 0.25) is 0 Å². The maximum absolute atomic E-state index is 13.4. The summed E-state index contributed by atoms with van der Waals surface area (Å²) in [6, 6.07) is 14.0. The Morgan fingerprint density at radius 2 is 1.66 bits per heavy atom. The van der Waals surface area contributed by atoms with Crippen LogP contribution in [0.15, 0.2) is 66.7 Å². The van der Waals surface area contributed by atoms with E-state index in [1.165, 1.54) is 41.3 Å². The minimum absolute atomic E-state index is 0.00917. The third kappa shape index (κ3) is 4.76. The van der Waals surface area contributed by atoms with Crippen molar-refractivity contribution in [1.82, 2.24) is 5.01 Å². The molecule has 9 heteroatoms. The lowest BCUT2D eigenvalue weighted by Gasteiger charge is -2.19. The predicted octanol–water partition coefficient (Wildman–Crippen LogP) is 5.11. The van der Waals surface area contributed by atoms with Gasteiger partial charge in [0.1, 0.15) is 5.75 Å². The SMILES string of the molecule is Cc1cc(C)cc(N2C(=O)C(=CCN(N)C(=O)c3ccc(O)cc3)c3ccc(C(F)(F)F)cc32)c1. The highest BCUT2D eigenvalue weighted by Gasteiger charge is 2.38. The van der Waals surface area contributed by atoms with E-state index in [2.05, 4.69) is 0 Å². The van der Waals surface area contributed by atoms with Crippen LogP contribution in [0.2, 0.25) is 0 Å². The summed E-state index contributed by atoms with van der Waals surface area (Å²) < 4.78 is 40.3. The van der Waals surface area contributed by atoms with Gasteiger partial charge in [-0.25, -0.2) is 5.84 Å². The van der Waals surface area contributed by atoms with Crippen molar-refractivity contribution in [2.75, 3.05) is 11.4 Å². The molecular formula is C26H22F3N3O3. The summed E-state index contributed by atoms with van der Waals surface area (Å²) in [5, 5.41) is 10.3. The molecule has 35 heavy (non-hydrogen) atoms. The number of phenols is 1. The molecule has 1 aliphatic rings. The van der Waals surface area contributed by atoms with Gasteiger partial charge in [0, 0.05) is 22.4 Å². The number of hydrazine groups is 1. The molecule has 3 aromatic carbocycles. The Morgan fingerprint density at radius 3 is 2.26 bits per heavy atom. The Bertz CT molecular complexity index is 1330. The number of hydrogen-bond donors (Lipinski definition) is 2. The standard InChI is InChI=1S/C26H22F3N3O3/c1-15-11-16(2)13-19(12-15)32-23-14-18(26(27,28)29)5-8-21(23)22(25(32)35)9-10-31(30)24(34)17-3-6-20(33)7-4-17/h3-9,11-14,33H,10,30H2,1-2H3. The number of aryl methyl sites for hydroxylation is 2. The van der Waals surface area contributed by atoms with E-state index in [1.54, 1.807) is 12.1 Å². The molecule has 1 aliphatic heterocycles. The highest BCUT2D eigenvalue weighted by Crippen LogP contribution is 2.44.